The second-order valence-corrected chi connectivity index (χ2v) is 5.03. The molecule has 1 rings (SSSR count). The van der Waals surface area contributed by atoms with E-state index in [9.17, 15) is 0 Å². The van der Waals surface area contributed by atoms with Crippen LogP contribution in [0.3, 0.4) is 0 Å². The fourth-order valence-corrected chi connectivity index (χ4v) is 2.70. The van der Waals surface area contributed by atoms with Crippen LogP contribution < -0.4 is 16.2 Å². The van der Waals surface area contributed by atoms with Crippen molar-refractivity contribution in [3.63, 3.8) is 0 Å². The molecule has 0 bridgehead atoms. The Morgan fingerprint density at radius 3 is 2.82 bits per heavy atom. The van der Waals surface area contributed by atoms with Crippen LogP contribution in [-0.2, 0) is 6.42 Å². The van der Waals surface area contributed by atoms with Crippen LogP contribution in [0.1, 0.15) is 16.9 Å². The Morgan fingerprint density at radius 1 is 1.53 bits per heavy atom. The van der Waals surface area contributed by atoms with E-state index in [0.717, 1.165) is 33.4 Å². The summed E-state index contributed by atoms with van der Waals surface area (Å²) in [5.74, 6) is 0.809. The average Bonchev–Trinajstić information content (AvgIpc) is 2.53. The molecular formula is C10H15ClN4OS. The van der Waals surface area contributed by atoms with Gasteiger partial charge in [-0.2, -0.15) is 5.10 Å². The first-order valence-corrected chi connectivity index (χ1v) is 6.18. The molecule has 0 saturated carbocycles. The minimum absolute atomic E-state index is 0.0474. The molecule has 0 spiro atoms. The van der Waals surface area contributed by atoms with E-state index in [1.54, 1.807) is 13.3 Å². The van der Waals surface area contributed by atoms with Gasteiger partial charge >= 0.3 is 0 Å². The monoisotopic (exact) mass is 274 g/mol. The van der Waals surface area contributed by atoms with E-state index in [-0.39, 0.29) is 5.96 Å². The zero-order valence-corrected chi connectivity index (χ0v) is 11.3. The number of rotatable bonds is 5. The Balaban J connectivity index is 2.61. The maximum absolute atomic E-state index is 6.04. The van der Waals surface area contributed by atoms with E-state index in [1.807, 2.05) is 6.92 Å². The van der Waals surface area contributed by atoms with Crippen molar-refractivity contribution >= 4 is 35.1 Å². The van der Waals surface area contributed by atoms with Crippen molar-refractivity contribution in [2.24, 2.45) is 21.7 Å². The minimum Gasteiger partial charge on any atom is -0.495 e. The molecule has 0 unspecified atom stereocenters. The van der Waals surface area contributed by atoms with E-state index in [2.05, 4.69) is 10.2 Å². The molecule has 0 fully saturated rings. The highest BCUT2D eigenvalue weighted by Crippen LogP contribution is 2.38. The lowest BCUT2D eigenvalue weighted by Crippen LogP contribution is -2.21. The van der Waals surface area contributed by atoms with E-state index >= 15 is 0 Å². The highest BCUT2D eigenvalue weighted by atomic mass is 35.5. The van der Waals surface area contributed by atoms with Gasteiger partial charge < -0.3 is 16.2 Å². The summed E-state index contributed by atoms with van der Waals surface area (Å²) in [4.78, 5) is 1.10. The number of halogens is 1. The molecule has 17 heavy (non-hydrogen) atoms. The predicted molar refractivity (Wildman–Crippen MR) is 73.2 cm³/mol. The average molecular weight is 275 g/mol. The van der Waals surface area contributed by atoms with Crippen molar-refractivity contribution in [2.45, 2.75) is 19.8 Å². The molecular weight excluding hydrogens is 260 g/mol. The third-order valence-electron chi connectivity index (χ3n) is 2.06. The van der Waals surface area contributed by atoms with Crippen molar-refractivity contribution < 1.29 is 4.74 Å². The second kappa shape index (κ2) is 6.46. The zero-order chi connectivity index (χ0) is 12.8. The Hall–Kier alpha value is -1.27. The molecule has 1 aromatic rings. The number of nitrogens with zero attached hydrogens (tertiary/aromatic N) is 2. The van der Waals surface area contributed by atoms with Gasteiger partial charge in [0.1, 0.15) is 5.75 Å². The van der Waals surface area contributed by atoms with Crippen LogP contribution in [0.2, 0.25) is 4.34 Å². The summed E-state index contributed by atoms with van der Waals surface area (Å²) in [6.07, 6.45) is 3.18. The lowest BCUT2D eigenvalue weighted by atomic mass is 10.2. The Bertz CT molecular complexity index is 438. The fraction of sp³-hybridized carbons (Fsp3) is 0.400. The smallest absolute Gasteiger partial charge is 0.211 e. The first kappa shape index (κ1) is 13.8. The molecule has 0 saturated heterocycles. The molecule has 7 heteroatoms. The molecule has 0 atom stereocenters. The van der Waals surface area contributed by atoms with Crippen molar-refractivity contribution in [3.05, 3.63) is 14.8 Å². The highest BCUT2D eigenvalue weighted by molar-refractivity contribution is 7.16. The summed E-state index contributed by atoms with van der Waals surface area (Å²) in [7, 11) is 1.64. The van der Waals surface area contributed by atoms with E-state index < -0.39 is 0 Å². The van der Waals surface area contributed by atoms with Crippen LogP contribution >= 0.6 is 22.9 Å². The Labute approximate surface area is 109 Å². The number of nitrogens with two attached hydrogens (primary N) is 2. The highest BCUT2D eigenvalue weighted by Gasteiger charge is 2.13. The molecule has 4 N–H and O–H groups in total. The molecule has 0 amide bonds. The maximum Gasteiger partial charge on any atom is 0.211 e. The van der Waals surface area contributed by atoms with Crippen LogP contribution in [-0.4, -0.2) is 19.3 Å². The van der Waals surface area contributed by atoms with Gasteiger partial charge in [-0.25, -0.2) is 0 Å². The van der Waals surface area contributed by atoms with Gasteiger partial charge in [0, 0.05) is 16.7 Å². The van der Waals surface area contributed by atoms with Gasteiger partial charge in [-0.15, -0.1) is 16.4 Å². The first-order valence-electron chi connectivity index (χ1n) is 4.98. The Morgan fingerprint density at radius 2 is 2.24 bits per heavy atom. The lowest BCUT2D eigenvalue weighted by Gasteiger charge is -2.01. The lowest BCUT2D eigenvalue weighted by molar-refractivity contribution is 0.409. The van der Waals surface area contributed by atoms with E-state index in [1.165, 1.54) is 11.3 Å². The number of guanidine groups is 1. The molecule has 0 aromatic carbocycles. The van der Waals surface area contributed by atoms with Gasteiger partial charge in [-0.3, -0.25) is 0 Å². The largest absolute Gasteiger partial charge is 0.495 e. The third-order valence-corrected chi connectivity index (χ3v) is 3.70. The van der Waals surface area contributed by atoms with Gasteiger partial charge in [0.2, 0.25) is 5.96 Å². The van der Waals surface area contributed by atoms with Crippen molar-refractivity contribution in [2.75, 3.05) is 7.11 Å². The number of hydrogen-bond acceptors (Lipinski definition) is 4. The van der Waals surface area contributed by atoms with Gasteiger partial charge in [-0.1, -0.05) is 11.6 Å². The minimum atomic E-state index is -0.0474. The molecule has 1 heterocycles. The van der Waals surface area contributed by atoms with E-state index in [0.29, 0.717) is 0 Å². The van der Waals surface area contributed by atoms with Crippen molar-refractivity contribution in [3.8, 4) is 5.75 Å². The normalized spacial score (nSPS) is 10.8. The number of aryl methyl sites for hydroxylation is 1. The van der Waals surface area contributed by atoms with Crippen LogP contribution in [0.25, 0.3) is 0 Å². The predicted octanol–water partition coefficient (Wildman–Crippen LogP) is 1.91. The summed E-state index contributed by atoms with van der Waals surface area (Å²) < 4.78 is 6.07. The zero-order valence-electron chi connectivity index (χ0n) is 9.74. The number of thiophene rings is 1. The standard InChI is InChI=1S/C10H15ClN4OS/c1-6-8(16-2)7(17-9(6)11)4-3-5-14-15-10(12)13/h5H,3-4H2,1-2H3,(H4,12,13,15). The van der Waals surface area contributed by atoms with Gasteiger partial charge in [0.15, 0.2) is 0 Å². The summed E-state index contributed by atoms with van der Waals surface area (Å²) >= 11 is 7.57. The molecule has 0 aliphatic heterocycles. The van der Waals surface area contributed by atoms with E-state index in [4.69, 9.17) is 27.8 Å². The summed E-state index contributed by atoms with van der Waals surface area (Å²) in [6, 6.07) is 0. The molecule has 94 valence electrons. The topological polar surface area (TPSA) is 86.0 Å². The summed E-state index contributed by atoms with van der Waals surface area (Å²) in [6.45, 7) is 1.94. The number of methoxy groups -OCH3 is 1. The Kier molecular flexibility index (Phi) is 5.24. The SMILES string of the molecule is COc1c(CCC=NN=C(N)N)sc(Cl)c1C. The summed E-state index contributed by atoms with van der Waals surface area (Å²) in [5.41, 5.74) is 11.2. The van der Waals surface area contributed by atoms with Crippen molar-refractivity contribution in [1.82, 2.24) is 0 Å². The molecule has 0 aliphatic rings. The fourth-order valence-electron chi connectivity index (χ4n) is 1.32. The molecule has 0 aliphatic carbocycles. The van der Waals surface area contributed by atoms with Crippen LogP contribution in [0.5, 0.6) is 5.75 Å². The van der Waals surface area contributed by atoms with Crippen LogP contribution in [0.4, 0.5) is 0 Å². The molecule has 1 aromatic heterocycles. The second-order valence-electron chi connectivity index (χ2n) is 3.32. The molecule has 0 radical (unpaired) electrons. The van der Waals surface area contributed by atoms with Gasteiger partial charge in [0.05, 0.1) is 11.4 Å². The van der Waals surface area contributed by atoms with Crippen LogP contribution in [0, 0.1) is 6.92 Å². The van der Waals surface area contributed by atoms with Crippen LogP contribution in [0.15, 0.2) is 10.2 Å². The third kappa shape index (κ3) is 3.90. The first-order chi connectivity index (χ1) is 8.06. The maximum atomic E-state index is 6.04. The summed E-state index contributed by atoms with van der Waals surface area (Å²) in [5, 5.41) is 7.22. The quantitative estimate of drug-likeness (QED) is 0.488. The van der Waals surface area contributed by atoms with Gasteiger partial charge in [0.25, 0.3) is 0 Å². The van der Waals surface area contributed by atoms with Gasteiger partial charge in [-0.05, 0) is 19.8 Å². The molecule has 5 nitrogen and oxygen atoms in total. The number of hydrogen-bond donors (Lipinski definition) is 2. The number of ether oxygens (including phenoxy) is 1. The van der Waals surface area contributed by atoms with Crippen molar-refractivity contribution in [1.29, 1.82) is 0 Å².